The van der Waals surface area contributed by atoms with Crippen molar-refractivity contribution in [3.63, 3.8) is 0 Å². The standard InChI is InChI=1S/C28H35Cl2N3O4/c1-3-37-26(35)6-4-5-18-13-20(27(30)24(29)14-18)17-33(21-7-8-21)28(36)23-16-31-11-9-22(23)19-10-12-32(2)25(34)15-19/h10,12-15,21-23,31H,3-9,11,16-17H2,1-2H3/t22?,23-/m0/s1. The number of carbonyl (C=O) groups is 2. The van der Waals surface area contributed by atoms with E-state index in [1.54, 1.807) is 30.8 Å². The first-order valence-corrected chi connectivity index (χ1v) is 13.8. The van der Waals surface area contributed by atoms with E-state index in [0.29, 0.717) is 49.0 Å². The third kappa shape index (κ3) is 6.95. The van der Waals surface area contributed by atoms with E-state index in [1.807, 2.05) is 23.1 Å². The molecule has 7 nitrogen and oxygen atoms in total. The SMILES string of the molecule is CCOC(=O)CCCc1cc(Cl)c(Cl)c(CN(C(=O)[C@H]2CNCCC2c2ccn(C)c(=O)c2)C2CC2)c1. The van der Waals surface area contributed by atoms with Gasteiger partial charge in [0.1, 0.15) is 0 Å². The van der Waals surface area contributed by atoms with E-state index in [2.05, 4.69) is 5.32 Å². The molecule has 1 aromatic heterocycles. The number of esters is 1. The number of nitrogens with zero attached hydrogens (tertiary/aromatic N) is 2. The van der Waals surface area contributed by atoms with Gasteiger partial charge in [-0.25, -0.2) is 0 Å². The molecule has 2 aliphatic rings. The summed E-state index contributed by atoms with van der Waals surface area (Å²) in [6.45, 7) is 3.93. The Bertz CT molecular complexity index is 1190. The molecule has 9 heteroatoms. The molecule has 2 fully saturated rings. The second-order valence-corrected chi connectivity index (χ2v) is 10.8. The zero-order valence-corrected chi connectivity index (χ0v) is 23.0. The molecule has 1 amide bonds. The Morgan fingerprint density at radius 3 is 2.68 bits per heavy atom. The van der Waals surface area contributed by atoms with Crippen LogP contribution in [-0.2, 0) is 34.3 Å². The summed E-state index contributed by atoms with van der Waals surface area (Å²) in [4.78, 5) is 39.9. The smallest absolute Gasteiger partial charge is 0.305 e. The van der Waals surface area contributed by atoms with Gasteiger partial charge in [-0.15, -0.1) is 0 Å². The average molecular weight is 549 g/mol. The molecule has 1 saturated heterocycles. The van der Waals surface area contributed by atoms with Gasteiger partial charge >= 0.3 is 5.97 Å². The van der Waals surface area contributed by atoms with Crippen molar-refractivity contribution in [3.8, 4) is 0 Å². The first kappa shape index (κ1) is 27.7. The van der Waals surface area contributed by atoms with E-state index in [9.17, 15) is 14.4 Å². The number of carbonyl (C=O) groups excluding carboxylic acids is 2. The Morgan fingerprint density at radius 2 is 1.97 bits per heavy atom. The van der Waals surface area contributed by atoms with Crippen LogP contribution in [0.5, 0.6) is 0 Å². The normalized spacial score (nSPS) is 19.5. The summed E-state index contributed by atoms with van der Waals surface area (Å²) in [5, 5.41) is 4.28. The third-order valence-corrected chi connectivity index (χ3v) is 8.12. The van der Waals surface area contributed by atoms with E-state index in [4.69, 9.17) is 27.9 Å². The first-order chi connectivity index (χ1) is 17.8. The minimum atomic E-state index is -0.261. The maximum Gasteiger partial charge on any atom is 0.305 e. The van der Waals surface area contributed by atoms with E-state index >= 15 is 0 Å². The number of piperidine rings is 1. The maximum atomic E-state index is 14.0. The highest BCUT2D eigenvalue weighted by atomic mass is 35.5. The van der Waals surface area contributed by atoms with Gasteiger partial charge in [-0.1, -0.05) is 29.3 Å². The Balaban J connectivity index is 1.53. The van der Waals surface area contributed by atoms with Crippen molar-refractivity contribution in [1.82, 2.24) is 14.8 Å². The van der Waals surface area contributed by atoms with Gasteiger partial charge < -0.3 is 19.5 Å². The topological polar surface area (TPSA) is 80.6 Å². The third-order valence-electron chi connectivity index (χ3n) is 7.28. The van der Waals surface area contributed by atoms with Gasteiger partial charge in [-0.3, -0.25) is 14.4 Å². The summed E-state index contributed by atoms with van der Waals surface area (Å²) in [5.41, 5.74) is 2.65. The number of rotatable bonds is 10. The Morgan fingerprint density at radius 1 is 1.19 bits per heavy atom. The predicted molar refractivity (Wildman–Crippen MR) is 145 cm³/mol. The lowest BCUT2D eigenvalue weighted by molar-refractivity contribution is -0.143. The summed E-state index contributed by atoms with van der Waals surface area (Å²) in [6.07, 6.45) is 6.15. The van der Waals surface area contributed by atoms with E-state index in [0.717, 1.165) is 42.5 Å². The number of amides is 1. The number of aromatic nitrogens is 1. The van der Waals surface area contributed by atoms with Crippen LogP contribution in [0.15, 0.2) is 35.3 Å². The number of hydrogen-bond acceptors (Lipinski definition) is 5. The summed E-state index contributed by atoms with van der Waals surface area (Å²) in [7, 11) is 1.73. The first-order valence-electron chi connectivity index (χ1n) is 13.1. The van der Waals surface area contributed by atoms with Crippen LogP contribution in [0.4, 0.5) is 0 Å². The molecule has 4 rings (SSSR count). The number of pyridine rings is 1. The van der Waals surface area contributed by atoms with Crippen LogP contribution in [0.25, 0.3) is 0 Å². The zero-order valence-electron chi connectivity index (χ0n) is 21.5. The molecule has 1 aliphatic heterocycles. The van der Waals surface area contributed by atoms with Crippen molar-refractivity contribution in [2.45, 2.75) is 64.0 Å². The fraction of sp³-hybridized carbons (Fsp3) is 0.536. The fourth-order valence-corrected chi connectivity index (χ4v) is 5.55. The van der Waals surface area contributed by atoms with Gasteiger partial charge in [0.25, 0.3) is 5.56 Å². The summed E-state index contributed by atoms with van der Waals surface area (Å²) in [6, 6.07) is 7.63. The number of aryl methyl sites for hydroxylation is 2. The largest absolute Gasteiger partial charge is 0.466 e. The van der Waals surface area contributed by atoms with Crippen molar-refractivity contribution >= 4 is 35.1 Å². The van der Waals surface area contributed by atoms with Crippen molar-refractivity contribution in [1.29, 1.82) is 0 Å². The Kier molecular flexibility index (Phi) is 9.32. The Hall–Kier alpha value is -2.35. The van der Waals surface area contributed by atoms with Crippen LogP contribution in [0.1, 0.15) is 61.6 Å². The molecular weight excluding hydrogens is 513 g/mol. The van der Waals surface area contributed by atoms with E-state index < -0.39 is 0 Å². The molecule has 0 spiro atoms. The van der Waals surface area contributed by atoms with Gasteiger partial charge in [0, 0.05) is 44.9 Å². The van der Waals surface area contributed by atoms with Crippen molar-refractivity contribution < 1.29 is 14.3 Å². The van der Waals surface area contributed by atoms with Gasteiger partial charge in [0.2, 0.25) is 5.91 Å². The minimum Gasteiger partial charge on any atom is -0.466 e. The van der Waals surface area contributed by atoms with Gasteiger partial charge in [0.15, 0.2) is 0 Å². The molecule has 1 aromatic carbocycles. The van der Waals surface area contributed by atoms with Crippen LogP contribution in [0.2, 0.25) is 10.0 Å². The number of halogens is 2. The summed E-state index contributed by atoms with van der Waals surface area (Å²) < 4.78 is 6.56. The van der Waals surface area contributed by atoms with Crippen LogP contribution in [-0.4, -0.2) is 47.1 Å². The quantitative estimate of drug-likeness (QED) is 0.444. The lowest BCUT2D eigenvalue weighted by Gasteiger charge is -2.36. The summed E-state index contributed by atoms with van der Waals surface area (Å²) in [5.74, 6) is -0.402. The molecule has 1 aliphatic carbocycles. The summed E-state index contributed by atoms with van der Waals surface area (Å²) >= 11 is 13.1. The minimum absolute atomic E-state index is 0.0165. The van der Waals surface area contributed by atoms with Crippen LogP contribution < -0.4 is 10.9 Å². The fourth-order valence-electron chi connectivity index (χ4n) is 5.12. The molecule has 1 unspecified atom stereocenters. The molecule has 1 N–H and O–H groups in total. The monoisotopic (exact) mass is 547 g/mol. The number of hydrogen-bond donors (Lipinski definition) is 1. The molecular formula is C28H35Cl2N3O4. The van der Waals surface area contributed by atoms with E-state index in [-0.39, 0.29) is 35.3 Å². The van der Waals surface area contributed by atoms with Crippen LogP contribution >= 0.6 is 23.2 Å². The average Bonchev–Trinajstić information content (AvgIpc) is 3.72. The second-order valence-electron chi connectivity index (χ2n) is 10.0. The zero-order chi connectivity index (χ0) is 26.5. The van der Waals surface area contributed by atoms with Gasteiger partial charge in [0.05, 0.1) is 22.6 Å². The molecule has 200 valence electrons. The lowest BCUT2D eigenvalue weighted by Crippen LogP contribution is -2.47. The second kappa shape index (κ2) is 12.5. The highest BCUT2D eigenvalue weighted by Gasteiger charge is 2.40. The van der Waals surface area contributed by atoms with Crippen LogP contribution in [0, 0.1) is 5.92 Å². The molecule has 0 bridgehead atoms. The molecule has 2 heterocycles. The predicted octanol–water partition coefficient (Wildman–Crippen LogP) is 4.46. The van der Waals surface area contributed by atoms with Crippen LogP contribution in [0.3, 0.4) is 0 Å². The number of benzene rings is 1. The number of ether oxygens (including phenoxy) is 1. The molecule has 0 radical (unpaired) electrons. The highest BCUT2D eigenvalue weighted by molar-refractivity contribution is 6.42. The van der Waals surface area contributed by atoms with Gasteiger partial charge in [-0.05, 0) is 80.3 Å². The molecule has 2 atom stereocenters. The highest BCUT2D eigenvalue weighted by Crippen LogP contribution is 2.37. The maximum absolute atomic E-state index is 14.0. The molecule has 2 aromatic rings. The van der Waals surface area contributed by atoms with Crippen molar-refractivity contribution in [2.24, 2.45) is 13.0 Å². The van der Waals surface area contributed by atoms with Crippen molar-refractivity contribution in [3.05, 3.63) is 67.6 Å². The number of nitrogens with one attached hydrogen (secondary N) is 1. The molecule has 1 saturated carbocycles. The lowest BCUT2D eigenvalue weighted by atomic mass is 9.80. The van der Waals surface area contributed by atoms with Gasteiger partial charge in [-0.2, -0.15) is 0 Å². The van der Waals surface area contributed by atoms with E-state index in [1.165, 1.54) is 0 Å². The Labute approximate surface area is 228 Å². The molecule has 37 heavy (non-hydrogen) atoms. The van der Waals surface area contributed by atoms with Crippen molar-refractivity contribution in [2.75, 3.05) is 19.7 Å².